The number of rotatable bonds is 3. The van der Waals surface area contributed by atoms with Gasteiger partial charge in [0.2, 0.25) is 0 Å². The van der Waals surface area contributed by atoms with Gasteiger partial charge in [-0.3, -0.25) is 4.79 Å². The summed E-state index contributed by atoms with van der Waals surface area (Å²) in [6, 6.07) is 13.1. The highest BCUT2D eigenvalue weighted by Crippen LogP contribution is 2.24. The first-order valence-corrected chi connectivity index (χ1v) is 6.13. The first-order chi connectivity index (χ1) is 9.11. The summed E-state index contributed by atoms with van der Waals surface area (Å²) in [5.41, 5.74) is 3.49. The van der Waals surface area contributed by atoms with Crippen molar-refractivity contribution in [2.75, 3.05) is 12.4 Å². The number of ether oxygens (including phenoxy) is 1. The van der Waals surface area contributed by atoms with Crippen LogP contribution in [0.5, 0.6) is 5.75 Å². The highest BCUT2D eigenvalue weighted by Gasteiger charge is 2.13. The number of amides is 1. The molecule has 0 aliphatic carbocycles. The molecule has 3 heteroatoms. The first kappa shape index (κ1) is 13.1. The van der Waals surface area contributed by atoms with Gasteiger partial charge in [-0.25, -0.2) is 0 Å². The monoisotopic (exact) mass is 255 g/mol. The second-order valence-corrected chi connectivity index (χ2v) is 4.46. The number of hydrogen-bond acceptors (Lipinski definition) is 2. The molecule has 0 aliphatic rings. The number of carbonyl (C=O) groups excluding carboxylic acids is 1. The number of hydrogen-bond donors (Lipinski definition) is 1. The molecule has 0 unspecified atom stereocenters. The molecule has 2 aromatic carbocycles. The van der Waals surface area contributed by atoms with Gasteiger partial charge in [0.25, 0.3) is 5.91 Å². The van der Waals surface area contributed by atoms with E-state index in [-0.39, 0.29) is 5.91 Å². The molecule has 1 amide bonds. The average Bonchev–Trinajstić information content (AvgIpc) is 2.42. The van der Waals surface area contributed by atoms with Gasteiger partial charge in [0.15, 0.2) is 0 Å². The van der Waals surface area contributed by atoms with Gasteiger partial charge in [0.05, 0.1) is 12.7 Å². The fraction of sp³-hybridized carbons (Fsp3) is 0.188. The lowest BCUT2D eigenvalue weighted by molar-refractivity contribution is 0.102. The molecule has 1 N–H and O–H groups in total. The molecular formula is C16H17NO2. The summed E-state index contributed by atoms with van der Waals surface area (Å²) >= 11 is 0. The number of para-hydroxylation sites is 1. The van der Waals surface area contributed by atoms with Crippen molar-refractivity contribution in [3.8, 4) is 5.75 Å². The maximum absolute atomic E-state index is 12.3. The van der Waals surface area contributed by atoms with Crippen LogP contribution >= 0.6 is 0 Å². The summed E-state index contributed by atoms with van der Waals surface area (Å²) in [5.74, 6) is 0.433. The van der Waals surface area contributed by atoms with Gasteiger partial charge >= 0.3 is 0 Å². The van der Waals surface area contributed by atoms with Crippen LogP contribution in [0.3, 0.4) is 0 Å². The molecule has 19 heavy (non-hydrogen) atoms. The Kier molecular flexibility index (Phi) is 3.85. The van der Waals surface area contributed by atoms with E-state index in [1.165, 1.54) is 0 Å². The summed E-state index contributed by atoms with van der Waals surface area (Å²) in [6.07, 6.45) is 0. The van der Waals surface area contributed by atoms with Crippen LogP contribution in [0.15, 0.2) is 42.5 Å². The molecule has 2 aromatic rings. The third kappa shape index (κ3) is 2.94. The zero-order valence-corrected chi connectivity index (χ0v) is 11.4. The Balaban J connectivity index is 2.31. The lowest BCUT2D eigenvalue weighted by Gasteiger charge is -2.12. The maximum atomic E-state index is 12.3. The molecule has 0 radical (unpaired) electrons. The summed E-state index contributed by atoms with van der Waals surface area (Å²) in [4.78, 5) is 12.3. The molecule has 98 valence electrons. The molecule has 3 nitrogen and oxygen atoms in total. The molecule has 0 saturated heterocycles. The maximum Gasteiger partial charge on any atom is 0.259 e. The molecule has 0 saturated carbocycles. The van der Waals surface area contributed by atoms with Crippen LogP contribution in [0.4, 0.5) is 5.69 Å². The zero-order chi connectivity index (χ0) is 13.8. The van der Waals surface area contributed by atoms with Crippen LogP contribution in [0.25, 0.3) is 0 Å². The summed E-state index contributed by atoms with van der Waals surface area (Å²) < 4.78 is 5.28. The first-order valence-electron chi connectivity index (χ1n) is 6.13. The minimum atomic E-state index is -0.161. The van der Waals surface area contributed by atoms with Crippen LogP contribution in [0.1, 0.15) is 21.5 Å². The van der Waals surface area contributed by atoms with E-state index >= 15 is 0 Å². The highest BCUT2D eigenvalue weighted by atomic mass is 16.5. The Morgan fingerprint density at radius 3 is 2.32 bits per heavy atom. The number of methoxy groups -OCH3 is 1. The Labute approximate surface area is 113 Å². The standard InChI is InChI=1S/C16H17NO2/c1-11-9-14(15(19-3)10-12(11)2)16(18)17-13-7-5-4-6-8-13/h4-10H,1-3H3,(H,17,18). The van der Waals surface area contributed by atoms with E-state index in [9.17, 15) is 4.79 Å². The van der Waals surface area contributed by atoms with Crippen LogP contribution in [-0.2, 0) is 0 Å². The van der Waals surface area contributed by atoms with E-state index in [1.54, 1.807) is 7.11 Å². The molecule has 0 bridgehead atoms. The largest absolute Gasteiger partial charge is 0.496 e. The molecule has 0 aromatic heterocycles. The van der Waals surface area contributed by atoms with E-state index in [1.807, 2.05) is 56.3 Å². The Morgan fingerprint density at radius 2 is 1.68 bits per heavy atom. The minimum absolute atomic E-state index is 0.161. The summed E-state index contributed by atoms with van der Waals surface area (Å²) in [6.45, 7) is 3.98. The fourth-order valence-corrected chi connectivity index (χ4v) is 1.86. The number of aryl methyl sites for hydroxylation is 2. The molecule has 0 aliphatic heterocycles. The third-order valence-electron chi connectivity index (χ3n) is 3.09. The summed E-state index contributed by atoms with van der Waals surface area (Å²) in [7, 11) is 1.57. The van der Waals surface area contributed by atoms with Crippen molar-refractivity contribution < 1.29 is 9.53 Å². The van der Waals surface area contributed by atoms with Crippen LogP contribution in [0.2, 0.25) is 0 Å². The number of anilines is 1. The second-order valence-electron chi connectivity index (χ2n) is 4.46. The Morgan fingerprint density at radius 1 is 1.05 bits per heavy atom. The van der Waals surface area contributed by atoms with Crippen LogP contribution in [0, 0.1) is 13.8 Å². The van der Waals surface area contributed by atoms with Crippen LogP contribution < -0.4 is 10.1 Å². The summed E-state index contributed by atoms with van der Waals surface area (Å²) in [5, 5.41) is 2.86. The van der Waals surface area contributed by atoms with E-state index in [4.69, 9.17) is 4.74 Å². The minimum Gasteiger partial charge on any atom is -0.496 e. The van der Waals surface area contributed by atoms with Gasteiger partial charge in [-0.2, -0.15) is 0 Å². The van der Waals surface area contributed by atoms with Crippen molar-refractivity contribution in [2.24, 2.45) is 0 Å². The van der Waals surface area contributed by atoms with Crippen LogP contribution in [-0.4, -0.2) is 13.0 Å². The third-order valence-corrected chi connectivity index (χ3v) is 3.09. The average molecular weight is 255 g/mol. The predicted octanol–water partition coefficient (Wildman–Crippen LogP) is 3.56. The van der Waals surface area contributed by atoms with Gasteiger partial charge in [-0.15, -0.1) is 0 Å². The quantitative estimate of drug-likeness (QED) is 0.910. The van der Waals surface area contributed by atoms with Crippen molar-refractivity contribution in [1.29, 1.82) is 0 Å². The Bertz CT molecular complexity index is 591. The van der Waals surface area contributed by atoms with Gasteiger partial charge in [0.1, 0.15) is 5.75 Å². The molecule has 0 spiro atoms. The van der Waals surface area contributed by atoms with E-state index in [0.717, 1.165) is 16.8 Å². The zero-order valence-electron chi connectivity index (χ0n) is 11.4. The molecule has 2 rings (SSSR count). The SMILES string of the molecule is COc1cc(C)c(C)cc1C(=O)Nc1ccccc1. The van der Waals surface area contributed by atoms with E-state index in [0.29, 0.717) is 11.3 Å². The molecular weight excluding hydrogens is 238 g/mol. The fourth-order valence-electron chi connectivity index (χ4n) is 1.86. The predicted molar refractivity (Wildman–Crippen MR) is 76.9 cm³/mol. The van der Waals surface area contributed by atoms with E-state index < -0.39 is 0 Å². The van der Waals surface area contributed by atoms with E-state index in [2.05, 4.69) is 5.32 Å². The number of benzene rings is 2. The number of nitrogens with one attached hydrogen (secondary N) is 1. The topological polar surface area (TPSA) is 38.3 Å². The van der Waals surface area contributed by atoms with Crippen molar-refractivity contribution in [1.82, 2.24) is 0 Å². The van der Waals surface area contributed by atoms with Gasteiger partial charge < -0.3 is 10.1 Å². The van der Waals surface area contributed by atoms with Crippen molar-refractivity contribution in [3.05, 3.63) is 59.2 Å². The Hall–Kier alpha value is -2.29. The lowest BCUT2D eigenvalue weighted by Crippen LogP contribution is -2.13. The lowest BCUT2D eigenvalue weighted by atomic mass is 10.0. The van der Waals surface area contributed by atoms with Crippen molar-refractivity contribution in [3.63, 3.8) is 0 Å². The van der Waals surface area contributed by atoms with Gasteiger partial charge in [-0.1, -0.05) is 18.2 Å². The molecule has 0 heterocycles. The van der Waals surface area contributed by atoms with Gasteiger partial charge in [-0.05, 0) is 49.2 Å². The van der Waals surface area contributed by atoms with Crippen molar-refractivity contribution in [2.45, 2.75) is 13.8 Å². The smallest absolute Gasteiger partial charge is 0.259 e. The second kappa shape index (κ2) is 5.57. The van der Waals surface area contributed by atoms with Gasteiger partial charge in [0, 0.05) is 5.69 Å². The molecule has 0 atom stereocenters. The normalized spacial score (nSPS) is 10.1. The highest BCUT2D eigenvalue weighted by molar-refractivity contribution is 6.06. The number of carbonyl (C=O) groups is 1. The van der Waals surface area contributed by atoms with Crippen molar-refractivity contribution >= 4 is 11.6 Å². The molecule has 0 fully saturated rings.